The van der Waals surface area contributed by atoms with Crippen LogP contribution in [0.4, 0.5) is 0 Å². The Hall–Kier alpha value is -1.01. The highest BCUT2D eigenvalue weighted by Gasteiger charge is 2.44. The van der Waals surface area contributed by atoms with Gasteiger partial charge in [-0.25, -0.2) is 8.42 Å². The summed E-state index contributed by atoms with van der Waals surface area (Å²) in [6.45, 7) is 2.08. The normalized spacial score (nSPS) is 27.5. The topological polar surface area (TPSA) is 49.7 Å². The van der Waals surface area contributed by atoms with E-state index in [1.165, 1.54) is 11.1 Å². The van der Waals surface area contributed by atoms with Gasteiger partial charge in [-0.05, 0) is 12.5 Å². The van der Waals surface area contributed by atoms with Crippen LogP contribution in [0.3, 0.4) is 0 Å². The van der Waals surface area contributed by atoms with Gasteiger partial charge in [0, 0.05) is 12.8 Å². The molecule has 1 fully saturated rings. The third kappa shape index (κ3) is 2.72. The summed E-state index contributed by atoms with van der Waals surface area (Å²) in [6.07, 6.45) is 0. The number of rotatable bonds is 2. The molecule has 108 valence electrons. The van der Waals surface area contributed by atoms with Crippen molar-refractivity contribution < 1.29 is 8.42 Å². The summed E-state index contributed by atoms with van der Waals surface area (Å²) in [4.78, 5) is 6.62. The van der Waals surface area contributed by atoms with Gasteiger partial charge in [-0.1, -0.05) is 41.6 Å². The van der Waals surface area contributed by atoms with Gasteiger partial charge in [0.25, 0.3) is 0 Å². The molecule has 0 aliphatic carbocycles. The Morgan fingerprint density at radius 2 is 2.00 bits per heavy atom. The molecule has 20 heavy (non-hydrogen) atoms. The number of sulfone groups is 1. The summed E-state index contributed by atoms with van der Waals surface area (Å²) in [5, 5.41) is 0.968. The standard InChI is InChI=1S/C14H18N2O2S2/c1-10-3-5-11(6-4-10)7-19-14-15-12-8-20(17,18)9-13(12)16(14)2/h3-6,12-13H,7-9H2,1-2H3/t12-,13-/m0/s1. The van der Waals surface area contributed by atoms with Crippen LogP contribution < -0.4 is 0 Å². The number of hydrogen-bond donors (Lipinski definition) is 0. The molecule has 0 unspecified atom stereocenters. The summed E-state index contributed by atoms with van der Waals surface area (Å²) in [5.41, 5.74) is 2.52. The van der Waals surface area contributed by atoms with Crippen LogP contribution in [-0.2, 0) is 15.6 Å². The van der Waals surface area contributed by atoms with E-state index in [1.54, 1.807) is 11.8 Å². The fourth-order valence-corrected chi connectivity index (χ4v) is 5.61. The summed E-state index contributed by atoms with van der Waals surface area (Å²) >= 11 is 1.69. The molecular weight excluding hydrogens is 292 g/mol. The van der Waals surface area contributed by atoms with Gasteiger partial charge in [-0.15, -0.1) is 0 Å². The molecule has 1 aromatic carbocycles. The number of hydrogen-bond acceptors (Lipinski definition) is 5. The second-order valence-corrected chi connectivity index (χ2v) is 8.60. The van der Waals surface area contributed by atoms with E-state index < -0.39 is 9.84 Å². The van der Waals surface area contributed by atoms with Crippen molar-refractivity contribution in [2.75, 3.05) is 18.6 Å². The van der Waals surface area contributed by atoms with Crippen LogP contribution in [0.25, 0.3) is 0 Å². The first-order valence-corrected chi connectivity index (χ1v) is 9.45. The predicted molar refractivity (Wildman–Crippen MR) is 83.9 cm³/mol. The molecule has 0 radical (unpaired) electrons. The van der Waals surface area contributed by atoms with Crippen LogP contribution in [0.1, 0.15) is 11.1 Å². The average molecular weight is 310 g/mol. The van der Waals surface area contributed by atoms with Crippen molar-refractivity contribution in [3.63, 3.8) is 0 Å². The third-order valence-corrected chi connectivity index (χ3v) is 6.69. The van der Waals surface area contributed by atoms with Crippen LogP contribution in [0.15, 0.2) is 29.3 Å². The lowest BCUT2D eigenvalue weighted by molar-refractivity contribution is 0.410. The zero-order valence-corrected chi connectivity index (χ0v) is 13.2. The number of aliphatic imine (C=N–C) groups is 1. The quantitative estimate of drug-likeness (QED) is 0.834. The maximum absolute atomic E-state index is 11.6. The van der Waals surface area contributed by atoms with Gasteiger partial charge in [0.1, 0.15) is 0 Å². The molecule has 6 heteroatoms. The first-order chi connectivity index (χ1) is 9.44. The van der Waals surface area contributed by atoms with E-state index in [0.717, 1.165) is 10.9 Å². The Bertz CT molecular complexity index is 638. The summed E-state index contributed by atoms with van der Waals surface area (Å²) < 4.78 is 23.2. The molecule has 2 heterocycles. The van der Waals surface area contributed by atoms with E-state index in [-0.39, 0.29) is 23.6 Å². The van der Waals surface area contributed by atoms with Crippen molar-refractivity contribution in [2.24, 2.45) is 4.99 Å². The first kappa shape index (κ1) is 13.9. The third-order valence-electron chi connectivity index (χ3n) is 3.86. The molecule has 2 aliphatic heterocycles. The summed E-state index contributed by atoms with van der Waals surface area (Å²) in [5.74, 6) is 1.32. The van der Waals surface area contributed by atoms with Crippen molar-refractivity contribution in [3.05, 3.63) is 35.4 Å². The van der Waals surface area contributed by atoms with Gasteiger partial charge in [0.2, 0.25) is 0 Å². The van der Waals surface area contributed by atoms with Crippen LogP contribution in [0.5, 0.6) is 0 Å². The summed E-state index contributed by atoms with van der Waals surface area (Å²) in [7, 11) is -0.941. The number of nitrogens with zero attached hydrogens (tertiary/aromatic N) is 2. The Kier molecular flexibility index (Phi) is 3.54. The zero-order chi connectivity index (χ0) is 14.3. The molecule has 0 bridgehead atoms. The van der Waals surface area contributed by atoms with Gasteiger partial charge in [0.15, 0.2) is 15.0 Å². The fraction of sp³-hybridized carbons (Fsp3) is 0.500. The van der Waals surface area contributed by atoms with Gasteiger partial charge >= 0.3 is 0 Å². The minimum absolute atomic E-state index is 0.0421. The van der Waals surface area contributed by atoms with Crippen molar-refractivity contribution >= 4 is 26.8 Å². The highest BCUT2D eigenvalue weighted by atomic mass is 32.2. The average Bonchev–Trinajstić information content (AvgIpc) is 2.83. The highest BCUT2D eigenvalue weighted by Crippen LogP contribution is 2.30. The lowest BCUT2D eigenvalue weighted by Gasteiger charge is -2.20. The molecule has 4 nitrogen and oxygen atoms in total. The maximum atomic E-state index is 11.6. The Morgan fingerprint density at radius 3 is 2.65 bits per heavy atom. The molecule has 0 amide bonds. The second kappa shape index (κ2) is 5.07. The smallest absolute Gasteiger partial charge is 0.159 e. The van der Waals surface area contributed by atoms with Gasteiger partial charge in [-0.3, -0.25) is 4.99 Å². The lowest BCUT2D eigenvalue weighted by atomic mass is 10.2. The molecule has 0 spiro atoms. The first-order valence-electron chi connectivity index (χ1n) is 6.64. The molecule has 1 aromatic rings. The highest BCUT2D eigenvalue weighted by molar-refractivity contribution is 8.13. The van der Waals surface area contributed by atoms with Crippen molar-refractivity contribution in [2.45, 2.75) is 24.8 Å². The number of benzene rings is 1. The van der Waals surface area contributed by atoms with Crippen molar-refractivity contribution in [1.82, 2.24) is 4.90 Å². The van der Waals surface area contributed by atoms with E-state index in [0.29, 0.717) is 0 Å². The molecule has 0 N–H and O–H groups in total. The van der Waals surface area contributed by atoms with Crippen LogP contribution >= 0.6 is 11.8 Å². The SMILES string of the molecule is Cc1ccc(CSC2=N[C@H]3CS(=O)(=O)C[C@@H]3N2C)cc1. The van der Waals surface area contributed by atoms with Gasteiger partial charge in [0.05, 0.1) is 23.6 Å². The van der Waals surface area contributed by atoms with E-state index in [4.69, 9.17) is 0 Å². The lowest BCUT2D eigenvalue weighted by Crippen LogP contribution is -2.35. The van der Waals surface area contributed by atoms with Crippen LogP contribution in [0, 0.1) is 6.92 Å². The Labute approximate surface area is 124 Å². The summed E-state index contributed by atoms with van der Waals surface area (Å²) in [6, 6.07) is 8.45. The Balaban J connectivity index is 1.66. The molecule has 0 saturated carbocycles. The van der Waals surface area contributed by atoms with Crippen LogP contribution in [0.2, 0.25) is 0 Å². The number of amidine groups is 1. The number of fused-ring (bicyclic) bond motifs is 1. The van der Waals surface area contributed by atoms with Gasteiger partial charge < -0.3 is 4.90 Å². The molecular formula is C14H18N2O2S2. The number of thioether (sulfide) groups is 1. The predicted octanol–water partition coefficient (Wildman–Crippen LogP) is 1.70. The van der Waals surface area contributed by atoms with Crippen molar-refractivity contribution in [1.29, 1.82) is 0 Å². The minimum atomic E-state index is -2.89. The van der Waals surface area contributed by atoms with E-state index in [1.807, 2.05) is 11.9 Å². The molecule has 0 aromatic heterocycles. The number of likely N-dealkylation sites (N-methyl/N-ethyl adjacent to an activating group) is 1. The second-order valence-electron chi connectivity index (χ2n) is 5.51. The van der Waals surface area contributed by atoms with Crippen molar-refractivity contribution in [3.8, 4) is 0 Å². The van der Waals surface area contributed by atoms with E-state index in [9.17, 15) is 8.42 Å². The van der Waals surface area contributed by atoms with E-state index >= 15 is 0 Å². The molecule has 2 aliphatic rings. The minimum Gasteiger partial charge on any atom is -0.348 e. The van der Waals surface area contributed by atoms with Crippen LogP contribution in [-0.4, -0.2) is 49.1 Å². The largest absolute Gasteiger partial charge is 0.348 e. The zero-order valence-electron chi connectivity index (χ0n) is 11.6. The monoisotopic (exact) mass is 310 g/mol. The molecule has 1 saturated heterocycles. The number of aryl methyl sites for hydroxylation is 1. The molecule has 3 rings (SSSR count). The van der Waals surface area contributed by atoms with Gasteiger partial charge in [-0.2, -0.15) is 0 Å². The Morgan fingerprint density at radius 1 is 1.30 bits per heavy atom. The van der Waals surface area contributed by atoms with E-state index in [2.05, 4.69) is 36.2 Å². The fourth-order valence-electron chi connectivity index (χ4n) is 2.65. The molecule has 2 atom stereocenters. The maximum Gasteiger partial charge on any atom is 0.159 e.